The molecule has 0 aliphatic carbocycles. The maximum atomic E-state index is 12.4. The van der Waals surface area contributed by atoms with Gasteiger partial charge in [-0.2, -0.15) is 0 Å². The first-order valence-corrected chi connectivity index (χ1v) is 8.86. The van der Waals surface area contributed by atoms with Crippen LogP contribution in [0.5, 0.6) is 17.2 Å². The molecule has 0 saturated heterocycles. The molecular weight excluding hydrogens is 336 g/mol. The Bertz CT molecular complexity index is 726. The summed E-state index contributed by atoms with van der Waals surface area (Å²) >= 11 is 1.75. The average Bonchev–Trinajstić information content (AvgIpc) is 2.66. The van der Waals surface area contributed by atoms with E-state index in [1.807, 2.05) is 24.3 Å². The SMILES string of the molecule is CCSc1ccc(C(=O)/C=C/c2c(OC)cc(OC)cc2OC)cc1. The molecular formula is C20H22O4S. The number of carbonyl (C=O) groups excluding carboxylic acids is 1. The lowest BCUT2D eigenvalue weighted by atomic mass is 10.1. The predicted octanol–water partition coefficient (Wildman–Crippen LogP) is 4.72. The average molecular weight is 358 g/mol. The highest BCUT2D eigenvalue weighted by Crippen LogP contribution is 2.35. The zero-order valence-corrected chi connectivity index (χ0v) is 15.7. The standard InChI is InChI=1S/C20H22O4S/c1-5-25-16-8-6-14(7-9-16)18(21)11-10-17-19(23-3)12-15(22-2)13-20(17)24-4/h6-13H,5H2,1-4H3/b11-10+. The molecule has 0 aliphatic heterocycles. The number of carbonyl (C=O) groups is 1. The van der Waals surface area contributed by atoms with E-state index in [0.717, 1.165) is 10.6 Å². The van der Waals surface area contributed by atoms with Gasteiger partial charge in [0.25, 0.3) is 0 Å². The van der Waals surface area contributed by atoms with E-state index in [2.05, 4.69) is 6.92 Å². The Kier molecular flexibility index (Phi) is 6.95. The second-order valence-corrected chi connectivity index (χ2v) is 6.44. The first-order chi connectivity index (χ1) is 12.1. The maximum Gasteiger partial charge on any atom is 0.185 e. The molecule has 0 fully saturated rings. The van der Waals surface area contributed by atoms with E-state index in [1.54, 1.807) is 51.3 Å². The fourth-order valence-electron chi connectivity index (χ4n) is 2.33. The third-order valence-corrected chi connectivity index (χ3v) is 4.50. The Morgan fingerprint density at radius 2 is 1.60 bits per heavy atom. The summed E-state index contributed by atoms with van der Waals surface area (Å²) in [4.78, 5) is 13.6. The van der Waals surface area contributed by atoms with Crippen molar-refractivity contribution in [2.45, 2.75) is 11.8 Å². The molecule has 0 radical (unpaired) electrons. The van der Waals surface area contributed by atoms with Gasteiger partial charge in [-0.05, 0) is 42.2 Å². The van der Waals surface area contributed by atoms with Crippen LogP contribution >= 0.6 is 11.8 Å². The molecule has 0 bridgehead atoms. The summed E-state index contributed by atoms with van der Waals surface area (Å²) in [6, 6.07) is 11.1. The van der Waals surface area contributed by atoms with Gasteiger partial charge in [0.05, 0.1) is 26.9 Å². The van der Waals surface area contributed by atoms with Crippen LogP contribution in [0.4, 0.5) is 0 Å². The fraction of sp³-hybridized carbons (Fsp3) is 0.250. The van der Waals surface area contributed by atoms with E-state index in [1.165, 1.54) is 6.08 Å². The van der Waals surface area contributed by atoms with Crippen molar-refractivity contribution < 1.29 is 19.0 Å². The van der Waals surface area contributed by atoms with E-state index < -0.39 is 0 Å². The van der Waals surface area contributed by atoms with E-state index in [9.17, 15) is 4.79 Å². The Balaban J connectivity index is 2.27. The van der Waals surface area contributed by atoms with Crippen LogP contribution in [0.1, 0.15) is 22.8 Å². The Labute approximate surface area is 152 Å². The number of ketones is 1. The highest BCUT2D eigenvalue weighted by molar-refractivity contribution is 7.99. The molecule has 0 N–H and O–H groups in total. The van der Waals surface area contributed by atoms with Crippen molar-refractivity contribution in [1.29, 1.82) is 0 Å². The molecule has 0 spiro atoms. The lowest BCUT2D eigenvalue weighted by Crippen LogP contribution is -1.97. The number of allylic oxidation sites excluding steroid dienone is 1. The van der Waals surface area contributed by atoms with E-state index in [-0.39, 0.29) is 5.78 Å². The lowest BCUT2D eigenvalue weighted by Gasteiger charge is -2.12. The largest absolute Gasteiger partial charge is 0.496 e. The van der Waals surface area contributed by atoms with Crippen molar-refractivity contribution >= 4 is 23.6 Å². The molecule has 2 aromatic carbocycles. The molecule has 0 aromatic heterocycles. The number of hydrogen-bond acceptors (Lipinski definition) is 5. The minimum absolute atomic E-state index is 0.0760. The number of thioether (sulfide) groups is 1. The van der Waals surface area contributed by atoms with Crippen molar-refractivity contribution in [3.8, 4) is 17.2 Å². The second kappa shape index (κ2) is 9.18. The zero-order valence-electron chi connectivity index (χ0n) is 14.9. The number of benzene rings is 2. The van der Waals surface area contributed by atoms with Gasteiger partial charge in [0, 0.05) is 22.6 Å². The first-order valence-electron chi connectivity index (χ1n) is 7.88. The van der Waals surface area contributed by atoms with Gasteiger partial charge in [-0.3, -0.25) is 4.79 Å². The molecule has 0 unspecified atom stereocenters. The number of hydrogen-bond donors (Lipinski definition) is 0. The number of rotatable bonds is 8. The van der Waals surface area contributed by atoms with Gasteiger partial charge in [-0.25, -0.2) is 0 Å². The van der Waals surface area contributed by atoms with Crippen molar-refractivity contribution in [2.24, 2.45) is 0 Å². The van der Waals surface area contributed by atoms with Crippen molar-refractivity contribution in [3.05, 3.63) is 53.6 Å². The Morgan fingerprint density at radius 1 is 1.00 bits per heavy atom. The highest BCUT2D eigenvalue weighted by atomic mass is 32.2. The summed E-state index contributed by atoms with van der Waals surface area (Å²) < 4.78 is 16.0. The first kappa shape index (κ1) is 18.9. The van der Waals surface area contributed by atoms with Crippen molar-refractivity contribution in [2.75, 3.05) is 27.1 Å². The molecule has 4 nitrogen and oxygen atoms in total. The third kappa shape index (κ3) is 4.79. The van der Waals surface area contributed by atoms with Crippen LogP contribution in [0.3, 0.4) is 0 Å². The van der Waals surface area contributed by atoms with Gasteiger partial charge in [-0.15, -0.1) is 11.8 Å². The fourth-order valence-corrected chi connectivity index (χ4v) is 3.00. The minimum Gasteiger partial charge on any atom is -0.496 e. The maximum absolute atomic E-state index is 12.4. The smallest absolute Gasteiger partial charge is 0.185 e. The molecule has 0 atom stereocenters. The monoisotopic (exact) mass is 358 g/mol. The van der Waals surface area contributed by atoms with Crippen molar-refractivity contribution in [3.63, 3.8) is 0 Å². The molecule has 0 heterocycles. The molecule has 25 heavy (non-hydrogen) atoms. The number of ether oxygens (including phenoxy) is 3. The van der Waals surface area contributed by atoms with Crippen LogP contribution in [-0.2, 0) is 0 Å². The topological polar surface area (TPSA) is 44.8 Å². The molecule has 0 amide bonds. The minimum atomic E-state index is -0.0760. The molecule has 2 rings (SSSR count). The van der Waals surface area contributed by atoms with Crippen LogP contribution in [-0.4, -0.2) is 32.9 Å². The van der Waals surface area contributed by atoms with Crippen LogP contribution in [0.15, 0.2) is 47.4 Å². The highest BCUT2D eigenvalue weighted by Gasteiger charge is 2.11. The molecule has 0 aliphatic rings. The Morgan fingerprint density at radius 3 is 2.08 bits per heavy atom. The van der Waals surface area contributed by atoms with E-state index in [4.69, 9.17) is 14.2 Å². The number of methoxy groups -OCH3 is 3. The van der Waals surface area contributed by atoms with E-state index >= 15 is 0 Å². The lowest BCUT2D eigenvalue weighted by molar-refractivity contribution is 0.104. The quantitative estimate of drug-likeness (QED) is 0.388. The normalized spacial score (nSPS) is 10.7. The summed E-state index contributed by atoms with van der Waals surface area (Å²) in [5, 5.41) is 0. The van der Waals surface area contributed by atoms with Gasteiger partial charge in [-0.1, -0.05) is 6.92 Å². The Hall–Kier alpha value is -2.40. The summed E-state index contributed by atoms with van der Waals surface area (Å²) in [5.41, 5.74) is 1.33. The second-order valence-electron chi connectivity index (χ2n) is 5.10. The molecule has 5 heteroatoms. The van der Waals surface area contributed by atoms with Crippen LogP contribution < -0.4 is 14.2 Å². The summed E-state index contributed by atoms with van der Waals surface area (Å²) in [5.74, 6) is 2.71. The third-order valence-electron chi connectivity index (χ3n) is 3.60. The van der Waals surface area contributed by atoms with Crippen LogP contribution in [0, 0.1) is 0 Å². The van der Waals surface area contributed by atoms with Gasteiger partial charge in [0.1, 0.15) is 17.2 Å². The van der Waals surface area contributed by atoms with Gasteiger partial charge >= 0.3 is 0 Å². The predicted molar refractivity (Wildman–Crippen MR) is 102 cm³/mol. The van der Waals surface area contributed by atoms with Crippen molar-refractivity contribution in [1.82, 2.24) is 0 Å². The van der Waals surface area contributed by atoms with Gasteiger partial charge in [0.15, 0.2) is 5.78 Å². The van der Waals surface area contributed by atoms with Crippen LogP contribution in [0.2, 0.25) is 0 Å². The van der Waals surface area contributed by atoms with Crippen LogP contribution in [0.25, 0.3) is 6.08 Å². The van der Waals surface area contributed by atoms with Gasteiger partial charge in [0.2, 0.25) is 0 Å². The summed E-state index contributed by atoms with van der Waals surface area (Å²) in [6.45, 7) is 2.10. The summed E-state index contributed by atoms with van der Waals surface area (Å²) in [6.07, 6.45) is 3.23. The zero-order chi connectivity index (χ0) is 18.2. The summed E-state index contributed by atoms with van der Waals surface area (Å²) in [7, 11) is 4.71. The van der Waals surface area contributed by atoms with Gasteiger partial charge < -0.3 is 14.2 Å². The molecule has 2 aromatic rings. The molecule has 0 saturated carbocycles. The molecule has 132 valence electrons. The van der Waals surface area contributed by atoms with E-state index in [0.29, 0.717) is 28.4 Å².